The van der Waals surface area contributed by atoms with E-state index in [4.69, 9.17) is 9.40 Å². The van der Waals surface area contributed by atoms with Crippen molar-refractivity contribution in [1.29, 1.82) is 0 Å². The number of hydrogen-bond donors (Lipinski definition) is 0. The number of oxazole rings is 1. The molecule has 0 saturated carbocycles. The molecule has 3 aromatic rings. The molecule has 2 heterocycles. The molecule has 1 aromatic carbocycles. The minimum absolute atomic E-state index is 0.369. The van der Waals surface area contributed by atoms with Crippen molar-refractivity contribution in [3.63, 3.8) is 0 Å². The van der Waals surface area contributed by atoms with Crippen LogP contribution in [0, 0.1) is 13.8 Å². The molecule has 0 bridgehead atoms. The molecule has 3 rings (SSSR count). The van der Waals surface area contributed by atoms with Crippen LogP contribution in [0.4, 0.5) is 0 Å². The van der Waals surface area contributed by atoms with Crippen LogP contribution in [0.3, 0.4) is 0 Å². The molecular formula is C19H22N2OS. The van der Waals surface area contributed by atoms with Crippen LogP contribution in [0.25, 0.3) is 11.5 Å². The quantitative estimate of drug-likeness (QED) is 0.644. The fraction of sp³-hybridized carbons (Fsp3) is 0.316. The van der Waals surface area contributed by atoms with Crippen molar-refractivity contribution in [2.75, 3.05) is 7.05 Å². The number of hydrogen-bond acceptors (Lipinski definition) is 4. The van der Waals surface area contributed by atoms with E-state index in [1.807, 2.05) is 19.1 Å². The Labute approximate surface area is 141 Å². The van der Waals surface area contributed by atoms with Crippen LogP contribution >= 0.6 is 11.3 Å². The van der Waals surface area contributed by atoms with Crippen LogP contribution in [0.1, 0.15) is 34.9 Å². The van der Waals surface area contributed by atoms with Gasteiger partial charge in [0, 0.05) is 23.0 Å². The normalized spacial score (nSPS) is 12.7. The summed E-state index contributed by atoms with van der Waals surface area (Å²) in [7, 11) is 2.13. The molecule has 2 aromatic heterocycles. The maximum atomic E-state index is 5.92. The average Bonchev–Trinajstić information content (AvgIpc) is 3.18. The van der Waals surface area contributed by atoms with Gasteiger partial charge in [0.05, 0.1) is 5.69 Å². The lowest BCUT2D eigenvalue weighted by atomic mass is 10.1. The molecule has 0 amide bonds. The van der Waals surface area contributed by atoms with E-state index in [1.54, 1.807) is 11.3 Å². The van der Waals surface area contributed by atoms with E-state index in [0.29, 0.717) is 11.9 Å². The van der Waals surface area contributed by atoms with Crippen molar-refractivity contribution in [3.05, 3.63) is 63.7 Å². The molecule has 0 spiro atoms. The lowest BCUT2D eigenvalue weighted by molar-refractivity contribution is 0.252. The van der Waals surface area contributed by atoms with E-state index in [-0.39, 0.29) is 0 Å². The van der Waals surface area contributed by atoms with Crippen molar-refractivity contribution in [2.45, 2.75) is 33.4 Å². The molecule has 3 nitrogen and oxygen atoms in total. The summed E-state index contributed by atoms with van der Waals surface area (Å²) in [6, 6.07) is 12.8. The third-order valence-corrected chi connectivity index (χ3v) is 5.33. The van der Waals surface area contributed by atoms with Gasteiger partial charge in [0.25, 0.3) is 0 Å². The van der Waals surface area contributed by atoms with Crippen LogP contribution in [0.2, 0.25) is 0 Å². The molecule has 0 saturated heterocycles. The highest BCUT2D eigenvalue weighted by Gasteiger charge is 2.18. The summed E-state index contributed by atoms with van der Waals surface area (Å²) in [6.45, 7) is 7.08. The fourth-order valence-corrected chi connectivity index (χ4v) is 3.47. The van der Waals surface area contributed by atoms with Crippen LogP contribution in [-0.4, -0.2) is 16.9 Å². The zero-order chi connectivity index (χ0) is 16.4. The Morgan fingerprint density at radius 1 is 1.17 bits per heavy atom. The molecule has 0 aliphatic carbocycles. The summed E-state index contributed by atoms with van der Waals surface area (Å²) < 4.78 is 5.92. The first-order valence-electron chi connectivity index (χ1n) is 7.82. The third kappa shape index (κ3) is 3.38. The Morgan fingerprint density at radius 3 is 2.65 bits per heavy atom. The molecular weight excluding hydrogens is 304 g/mol. The average molecular weight is 326 g/mol. The Bertz CT molecular complexity index is 777. The number of aromatic nitrogens is 1. The van der Waals surface area contributed by atoms with E-state index in [1.165, 1.54) is 10.4 Å². The molecule has 23 heavy (non-hydrogen) atoms. The molecule has 0 aliphatic rings. The molecule has 0 fully saturated rings. The van der Waals surface area contributed by atoms with Gasteiger partial charge in [-0.25, -0.2) is 4.98 Å². The summed E-state index contributed by atoms with van der Waals surface area (Å²) in [4.78, 5) is 8.41. The molecule has 1 unspecified atom stereocenters. The fourth-order valence-electron chi connectivity index (χ4n) is 2.62. The lowest BCUT2D eigenvalue weighted by Crippen LogP contribution is -2.21. The van der Waals surface area contributed by atoms with Crippen molar-refractivity contribution in [2.24, 2.45) is 0 Å². The zero-order valence-corrected chi connectivity index (χ0v) is 14.9. The zero-order valence-electron chi connectivity index (χ0n) is 14.0. The second-order valence-electron chi connectivity index (χ2n) is 5.94. The van der Waals surface area contributed by atoms with Crippen molar-refractivity contribution in [3.8, 4) is 11.5 Å². The Morgan fingerprint density at radius 2 is 1.96 bits per heavy atom. The highest BCUT2D eigenvalue weighted by atomic mass is 32.1. The molecule has 0 aliphatic heterocycles. The predicted molar refractivity (Wildman–Crippen MR) is 95.6 cm³/mol. The molecule has 4 heteroatoms. The summed E-state index contributed by atoms with van der Waals surface area (Å²) >= 11 is 1.79. The van der Waals surface area contributed by atoms with Crippen molar-refractivity contribution >= 4 is 11.3 Å². The number of benzene rings is 1. The van der Waals surface area contributed by atoms with Gasteiger partial charge in [-0.05, 0) is 50.9 Å². The van der Waals surface area contributed by atoms with Gasteiger partial charge >= 0.3 is 0 Å². The second kappa shape index (κ2) is 6.69. The second-order valence-corrected chi connectivity index (χ2v) is 6.92. The lowest BCUT2D eigenvalue weighted by Gasteiger charge is -2.22. The van der Waals surface area contributed by atoms with Crippen molar-refractivity contribution < 1.29 is 4.42 Å². The van der Waals surface area contributed by atoms with Crippen LogP contribution in [0.5, 0.6) is 0 Å². The molecule has 120 valence electrons. The first-order valence-corrected chi connectivity index (χ1v) is 8.70. The molecule has 0 radical (unpaired) electrons. The summed E-state index contributed by atoms with van der Waals surface area (Å²) in [5.74, 6) is 1.61. The highest BCUT2D eigenvalue weighted by molar-refractivity contribution is 7.10. The third-order valence-electron chi connectivity index (χ3n) is 4.28. The van der Waals surface area contributed by atoms with E-state index in [0.717, 1.165) is 23.6 Å². The number of rotatable bonds is 5. The maximum Gasteiger partial charge on any atom is 0.226 e. The monoisotopic (exact) mass is 326 g/mol. The minimum Gasteiger partial charge on any atom is -0.441 e. The van der Waals surface area contributed by atoms with Crippen LogP contribution in [-0.2, 0) is 6.54 Å². The van der Waals surface area contributed by atoms with Crippen LogP contribution < -0.4 is 0 Å². The Hall–Kier alpha value is -1.91. The summed E-state index contributed by atoms with van der Waals surface area (Å²) in [6.07, 6.45) is 0. The van der Waals surface area contributed by atoms with Gasteiger partial charge in [0.15, 0.2) is 0 Å². The van der Waals surface area contributed by atoms with Gasteiger partial charge in [0.2, 0.25) is 5.89 Å². The maximum absolute atomic E-state index is 5.92. The van der Waals surface area contributed by atoms with Crippen molar-refractivity contribution in [1.82, 2.24) is 9.88 Å². The molecule has 1 atom stereocenters. The van der Waals surface area contributed by atoms with Gasteiger partial charge in [0.1, 0.15) is 5.76 Å². The topological polar surface area (TPSA) is 29.3 Å². The first-order chi connectivity index (χ1) is 11.1. The van der Waals surface area contributed by atoms with Gasteiger partial charge in [-0.3, -0.25) is 4.90 Å². The minimum atomic E-state index is 0.369. The van der Waals surface area contributed by atoms with Gasteiger partial charge in [-0.1, -0.05) is 24.3 Å². The number of nitrogens with zero attached hydrogens (tertiary/aromatic N) is 2. The van der Waals surface area contributed by atoms with E-state index in [9.17, 15) is 0 Å². The Balaban J connectivity index is 1.80. The highest BCUT2D eigenvalue weighted by Crippen LogP contribution is 2.28. The number of aryl methyl sites for hydroxylation is 2. The van der Waals surface area contributed by atoms with E-state index < -0.39 is 0 Å². The molecule has 0 N–H and O–H groups in total. The first kappa shape index (κ1) is 16.0. The van der Waals surface area contributed by atoms with E-state index >= 15 is 0 Å². The standard InChI is InChI=1S/C19H22N2OS/c1-13-8-5-6-9-16(13)19-20-17(15(3)22-19)12-21(4)14(2)18-10-7-11-23-18/h5-11,14H,12H2,1-4H3. The number of thiophene rings is 1. The van der Waals surface area contributed by atoms with Crippen LogP contribution in [0.15, 0.2) is 46.2 Å². The summed E-state index contributed by atoms with van der Waals surface area (Å²) in [5.41, 5.74) is 3.26. The van der Waals surface area contributed by atoms with Gasteiger partial charge < -0.3 is 4.42 Å². The predicted octanol–water partition coefficient (Wildman–Crippen LogP) is 5.21. The summed E-state index contributed by atoms with van der Waals surface area (Å²) in [5, 5.41) is 2.12. The van der Waals surface area contributed by atoms with Gasteiger partial charge in [-0.2, -0.15) is 0 Å². The van der Waals surface area contributed by atoms with E-state index in [2.05, 4.69) is 55.4 Å². The van der Waals surface area contributed by atoms with Gasteiger partial charge in [-0.15, -0.1) is 11.3 Å². The smallest absolute Gasteiger partial charge is 0.226 e. The SMILES string of the molecule is Cc1ccccc1-c1nc(CN(C)C(C)c2cccs2)c(C)o1. The Kier molecular flexibility index (Phi) is 4.64. The largest absolute Gasteiger partial charge is 0.441 e.